The minimum absolute atomic E-state index is 0.686. The van der Waals surface area contributed by atoms with E-state index in [0.29, 0.717) is 5.95 Å². The van der Waals surface area contributed by atoms with Crippen molar-refractivity contribution in [2.75, 3.05) is 7.11 Å². The third-order valence-corrected chi connectivity index (χ3v) is 4.88. The van der Waals surface area contributed by atoms with Gasteiger partial charge in [-0.2, -0.15) is 0 Å². The third kappa shape index (κ3) is 7.54. The second-order valence-corrected chi connectivity index (χ2v) is 16.8. The maximum atomic E-state index is 6.38. The van der Waals surface area contributed by atoms with E-state index in [-0.39, 0.29) is 0 Å². The highest BCUT2D eigenvalue weighted by Crippen LogP contribution is 2.30. The van der Waals surface area contributed by atoms with Crippen LogP contribution in [0.2, 0.25) is 39.3 Å². The van der Waals surface area contributed by atoms with Crippen LogP contribution in [0, 0.1) is 0 Å². The minimum Gasteiger partial charge on any atom is -0.544 e. The van der Waals surface area contributed by atoms with Gasteiger partial charge in [-0.25, -0.2) is 0 Å². The van der Waals surface area contributed by atoms with Gasteiger partial charge in [-0.3, -0.25) is 0 Å². The number of allylic oxidation sites excluding steroid dienone is 2. The number of hydrogen-bond donors (Lipinski definition) is 0. The second-order valence-electron chi connectivity index (χ2n) is 7.92. The Hall–Kier alpha value is -0.686. The highest BCUT2D eigenvalue weighted by molar-refractivity contribution is 6.70. The van der Waals surface area contributed by atoms with Crippen LogP contribution >= 0.6 is 0 Å². The molecule has 0 radical (unpaired) electrons. The molecular weight excluding hydrogens is 308 g/mol. The first-order valence-electron chi connectivity index (χ1n) is 8.48. The fraction of sp³-hybridized carbons (Fsp3) is 0.765. The zero-order valence-electron chi connectivity index (χ0n) is 15.5. The molecule has 1 aliphatic carbocycles. The molecule has 0 saturated heterocycles. The molecule has 0 fully saturated rings. The minimum atomic E-state index is -1.71. The van der Waals surface area contributed by atoms with Crippen molar-refractivity contribution in [2.45, 2.75) is 77.8 Å². The maximum absolute atomic E-state index is 6.38. The topological polar surface area (TPSA) is 27.7 Å². The summed E-state index contributed by atoms with van der Waals surface area (Å²) in [6.45, 7) is 13.2. The lowest BCUT2D eigenvalue weighted by Gasteiger charge is -2.27. The van der Waals surface area contributed by atoms with Crippen LogP contribution in [0.15, 0.2) is 23.4 Å². The van der Waals surface area contributed by atoms with Gasteiger partial charge in [-0.15, -0.1) is 0 Å². The van der Waals surface area contributed by atoms with E-state index in [1.165, 1.54) is 25.7 Å². The Morgan fingerprint density at radius 1 is 0.909 bits per heavy atom. The molecule has 0 aromatic rings. The molecule has 1 aliphatic rings. The summed E-state index contributed by atoms with van der Waals surface area (Å²) in [5, 5.41) is 0. The Morgan fingerprint density at radius 3 is 2.09 bits per heavy atom. The average Bonchev–Trinajstić information content (AvgIpc) is 2.45. The van der Waals surface area contributed by atoms with Gasteiger partial charge in [0.1, 0.15) is 5.76 Å². The highest BCUT2D eigenvalue weighted by atomic mass is 28.4. The van der Waals surface area contributed by atoms with Gasteiger partial charge in [-0.05, 0) is 71.0 Å². The standard InChI is InChI=1S/C17H34O3Si2/c1-18-17(20-22(5,6)7)15-13-11-9-8-10-12-14-16(15)19-21(2,3)4/h14H,8-13H2,1-7H3/b16-14+,17-15-. The van der Waals surface area contributed by atoms with E-state index < -0.39 is 16.6 Å². The maximum Gasteiger partial charge on any atom is 0.272 e. The summed E-state index contributed by atoms with van der Waals surface area (Å²) in [5.74, 6) is 1.70. The highest BCUT2D eigenvalue weighted by Gasteiger charge is 2.26. The molecule has 0 heterocycles. The smallest absolute Gasteiger partial charge is 0.272 e. The average molecular weight is 343 g/mol. The summed E-state index contributed by atoms with van der Waals surface area (Å²) in [7, 11) is -1.66. The van der Waals surface area contributed by atoms with Gasteiger partial charge in [-0.1, -0.05) is 12.8 Å². The molecule has 3 nitrogen and oxygen atoms in total. The molecule has 0 amide bonds. The van der Waals surface area contributed by atoms with Crippen molar-refractivity contribution in [1.82, 2.24) is 0 Å². The van der Waals surface area contributed by atoms with E-state index in [9.17, 15) is 0 Å². The van der Waals surface area contributed by atoms with Crippen LogP contribution in [-0.2, 0) is 13.6 Å². The third-order valence-electron chi connectivity index (χ3n) is 3.25. The molecule has 0 spiro atoms. The lowest BCUT2D eigenvalue weighted by Crippen LogP contribution is -2.28. The summed E-state index contributed by atoms with van der Waals surface area (Å²) in [6, 6.07) is 0. The van der Waals surface area contributed by atoms with Gasteiger partial charge in [0.15, 0.2) is 0 Å². The van der Waals surface area contributed by atoms with E-state index in [1.807, 2.05) is 0 Å². The van der Waals surface area contributed by atoms with Gasteiger partial charge in [0.05, 0.1) is 12.7 Å². The first-order chi connectivity index (χ1) is 10.1. The Morgan fingerprint density at radius 2 is 1.55 bits per heavy atom. The van der Waals surface area contributed by atoms with Gasteiger partial charge in [0, 0.05) is 0 Å². The van der Waals surface area contributed by atoms with Gasteiger partial charge in [0.2, 0.25) is 16.6 Å². The molecule has 0 unspecified atom stereocenters. The molecular formula is C17H34O3Si2. The predicted octanol–water partition coefficient (Wildman–Crippen LogP) is 5.79. The molecule has 0 N–H and O–H groups in total. The summed E-state index contributed by atoms with van der Waals surface area (Å²) >= 11 is 0. The van der Waals surface area contributed by atoms with E-state index in [0.717, 1.165) is 24.2 Å². The molecule has 22 heavy (non-hydrogen) atoms. The molecule has 1 rings (SSSR count). The predicted molar refractivity (Wildman–Crippen MR) is 98.7 cm³/mol. The molecule has 0 saturated carbocycles. The number of methoxy groups -OCH3 is 1. The zero-order valence-corrected chi connectivity index (χ0v) is 17.5. The number of ether oxygens (including phenoxy) is 1. The molecule has 0 atom stereocenters. The molecule has 0 aliphatic heterocycles. The van der Waals surface area contributed by atoms with Crippen LogP contribution in [0.3, 0.4) is 0 Å². The van der Waals surface area contributed by atoms with Crippen molar-refractivity contribution in [3.8, 4) is 0 Å². The SMILES string of the molecule is CO/C(O[Si](C)(C)C)=C1CCCCCC/C=C\1O[Si](C)(C)C. The number of hydrogen-bond acceptors (Lipinski definition) is 3. The van der Waals surface area contributed by atoms with E-state index in [2.05, 4.69) is 45.4 Å². The lowest BCUT2D eigenvalue weighted by atomic mass is 10.1. The monoisotopic (exact) mass is 342 g/mol. The molecule has 0 aromatic carbocycles. The summed E-state index contributed by atoms with van der Waals surface area (Å²) in [4.78, 5) is 0. The fourth-order valence-corrected chi connectivity index (χ4v) is 4.05. The van der Waals surface area contributed by atoms with Crippen molar-refractivity contribution < 1.29 is 13.6 Å². The van der Waals surface area contributed by atoms with Gasteiger partial charge >= 0.3 is 0 Å². The molecule has 128 valence electrons. The van der Waals surface area contributed by atoms with Crippen LogP contribution < -0.4 is 0 Å². The van der Waals surface area contributed by atoms with Crippen LogP contribution in [0.25, 0.3) is 0 Å². The van der Waals surface area contributed by atoms with Crippen LogP contribution in [0.1, 0.15) is 38.5 Å². The summed E-state index contributed by atoms with van der Waals surface area (Å²) in [5.41, 5.74) is 1.13. The van der Waals surface area contributed by atoms with E-state index >= 15 is 0 Å². The van der Waals surface area contributed by atoms with Gasteiger partial charge < -0.3 is 13.6 Å². The first kappa shape index (κ1) is 19.4. The second kappa shape index (κ2) is 8.25. The van der Waals surface area contributed by atoms with Gasteiger partial charge in [0.25, 0.3) is 5.95 Å². The molecule has 0 aromatic heterocycles. The summed E-state index contributed by atoms with van der Waals surface area (Å²) < 4.78 is 18.2. The zero-order chi connectivity index (χ0) is 16.8. The van der Waals surface area contributed by atoms with Crippen molar-refractivity contribution in [3.05, 3.63) is 23.4 Å². The van der Waals surface area contributed by atoms with Crippen molar-refractivity contribution in [1.29, 1.82) is 0 Å². The van der Waals surface area contributed by atoms with Crippen LogP contribution in [0.5, 0.6) is 0 Å². The van der Waals surface area contributed by atoms with Crippen molar-refractivity contribution >= 4 is 16.6 Å². The quantitative estimate of drug-likeness (QED) is 0.468. The Balaban J connectivity index is 3.20. The summed E-state index contributed by atoms with van der Waals surface area (Å²) in [6.07, 6.45) is 9.28. The van der Waals surface area contributed by atoms with Crippen molar-refractivity contribution in [2.24, 2.45) is 0 Å². The lowest BCUT2D eigenvalue weighted by molar-refractivity contribution is 0.139. The molecule has 5 heteroatoms. The Bertz CT molecular complexity index is 415. The van der Waals surface area contributed by atoms with Crippen molar-refractivity contribution in [3.63, 3.8) is 0 Å². The normalized spacial score (nSPS) is 22.6. The Kier molecular flexibility index (Phi) is 7.26. The largest absolute Gasteiger partial charge is 0.544 e. The van der Waals surface area contributed by atoms with Crippen LogP contribution in [-0.4, -0.2) is 23.7 Å². The van der Waals surface area contributed by atoms with E-state index in [1.54, 1.807) is 7.11 Å². The van der Waals surface area contributed by atoms with Crippen LogP contribution in [0.4, 0.5) is 0 Å². The fourth-order valence-electron chi connectivity index (χ4n) is 2.42. The molecule has 0 bridgehead atoms. The Labute approximate surface area is 139 Å². The first-order valence-corrected chi connectivity index (χ1v) is 15.3. The van der Waals surface area contributed by atoms with E-state index in [4.69, 9.17) is 13.6 Å². The number of rotatable bonds is 5.